The minimum atomic E-state index is -0.987. The molecule has 3 N–H and O–H groups in total. The van der Waals surface area contributed by atoms with Crippen LogP contribution in [0, 0.1) is 5.41 Å². The summed E-state index contributed by atoms with van der Waals surface area (Å²) in [6.45, 7) is 9.26. The summed E-state index contributed by atoms with van der Waals surface area (Å²) in [5.41, 5.74) is -1.22. The first-order valence-electron chi connectivity index (χ1n) is 6.54. The molecule has 0 fully saturated rings. The predicted octanol–water partition coefficient (Wildman–Crippen LogP) is 1.33. The molecule has 112 valence electrons. The number of H-pyrrole nitrogens is 1. The highest BCUT2D eigenvalue weighted by Gasteiger charge is 2.32. The van der Waals surface area contributed by atoms with Crippen LogP contribution in [0.4, 0.5) is 0 Å². The molecule has 0 aliphatic rings. The van der Waals surface area contributed by atoms with E-state index in [2.05, 4.69) is 20.5 Å². The highest BCUT2D eigenvalue weighted by molar-refractivity contribution is 5.90. The quantitative estimate of drug-likeness (QED) is 0.755. The molecule has 1 amide bonds. The lowest BCUT2D eigenvalue weighted by molar-refractivity contribution is -0.147. The van der Waals surface area contributed by atoms with Crippen LogP contribution >= 0.6 is 0 Å². The van der Waals surface area contributed by atoms with Gasteiger partial charge in [0.1, 0.15) is 5.82 Å². The molecular weight excluding hydrogens is 260 g/mol. The van der Waals surface area contributed by atoms with Crippen LogP contribution in [-0.4, -0.2) is 38.7 Å². The molecule has 0 aliphatic carbocycles. The Bertz CT molecular complexity index is 504. The standard InChI is InChI=1S/C13H22N4O3/c1-6-13(5,11(19)20)7-14-9(18)8-15-10(17-16-8)12(2,3)4/h6-7H2,1-5H3,(H,14,18)(H,19,20)(H,15,16,17). The van der Waals surface area contributed by atoms with Gasteiger partial charge in [-0.2, -0.15) is 0 Å². The summed E-state index contributed by atoms with van der Waals surface area (Å²) in [6.07, 6.45) is 0.420. The number of rotatable bonds is 5. The first-order chi connectivity index (χ1) is 9.10. The molecule has 1 heterocycles. The zero-order chi connectivity index (χ0) is 15.6. The van der Waals surface area contributed by atoms with Gasteiger partial charge in [-0.3, -0.25) is 14.7 Å². The summed E-state index contributed by atoms with van der Waals surface area (Å²) >= 11 is 0. The summed E-state index contributed by atoms with van der Waals surface area (Å²) in [4.78, 5) is 27.2. The van der Waals surface area contributed by atoms with E-state index in [1.165, 1.54) is 0 Å². The fourth-order valence-electron chi connectivity index (χ4n) is 1.41. The highest BCUT2D eigenvalue weighted by atomic mass is 16.4. The van der Waals surface area contributed by atoms with Gasteiger partial charge in [-0.25, -0.2) is 4.98 Å². The molecule has 1 unspecified atom stereocenters. The largest absolute Gasteiger partial charge is 0.481 e. The number of carbonyl (C=O) groups excluding carboxylic acids is 1. The fraction of sp³-hybridized carbons (Fsp3) is 0.692. The molecule has 1 aromatic rings. The number of aliphatic carboxylic acids is 1. The lowest BCUT2D eigenvalue weighted by Crippen LogP contribution is -2.40. The maximum absolute atomic E-state index is 11.9. The predicted molar refractivity (Wildman–Crippen MR) is 73.4 cm³/mol. The number of amides is 1. The number of nitrogens with zero attached hydrogens (tertiary/aromatic N) is 2. The molecule has 0 spiro atoms. The lowest BCUT2D eigenvalue weighted by atomic mass is 9.88. The number of hydrogen-bond donors (Lipinski definition) is 3. The van der Waals surface area contributed by atoms with Crippen molar-refractivity contribution in [3.8, 4) is 0 Å². The first kappa shape index (κ1) is 16.1. The number of carboxylic acid groups (broad SMARTS) is 1. The third-order valence-corrected chi connectivity index (χ3v) is 3.33. The van der Waals surface area contributed by atoms with Gasteiger partial charge in [-0.05, 0) is 13.3 Å². The van der Waals surface area contributed by atoms with E-state index >= 15 is 0 Å². The second-order valence-electron chi connectivity index (χ2n) is 6.16. The van der Waals surface area contributed by atoms with Crippen molar-refractivity contribution in [3.05, 3.63) is 11.6 Å². The summed E-state index contributed by atoms with van der Waals surface area (Å²) in [6, 6.07) is 0. The van der Waals surface area contributed by atoms with Crippen molar-refractivity contribution in [2.75, 3.05) is 6.54 Å². The molecule has 1 atom stereocenters. The average molecular weight is 282 g/mol. The monoisotopic (exact) mass is 282 g/mol. The van der Waals surface area contributed by atoms with Crippen molar-refractivity contribution in [1.82, 2.24) is 20.5 Å². The lowest BCUT2D eigenvalue weighted by Gasteiger charge is -2.22. The number of carboxylic acids is 1. The Balaban J connectivity index is 2.73. The Hall–Kier alpha value is -1.92. The molecule has 0 aromatic carbocycles. The van der Waals surface area contributed by atoms with Gasteiger partial charge >= 0.3 is 5.97 Å². The molecule has 0 aliphatic heterocycles. The molecule has 0 radical (unpaired) electrons. The number of carbonyl (C=O) groups is 2. The van der Waals surface area contributed by atoms with E-state index in [4.69, 9.17) is 5.11 Å². The van der Waals surface area contributed by atoms with Crippen molar-refractivity contribution >= 4 is 11.9 Å². The van der Waals surface area contributed by atoms with E-state index in [9.17, 15) is 9.59 Å². The van der Waals surface area contributed by atoms with E-state index in [0.29, 0.717) is 12.2 Å². The molecule has 7 nitrogen and oxygen atoms in total. The van der Waals surface area contributed by atoms with Gasteiger partial charge in [-0.15, -0.1) is 5.10 Å². The third kappa shape index (κ3) is 3.55. The molecule has 1 aromatic heterocycles. The minimum absolute atomic E-state index is 0.0266. The maximum Gasteiger partial charge on any atom is 0.311 e. The van der Waals surface area contributed by atoms with Crippen LogP contribution in [0.5, 0.6) is 0 Å². The summed E-state index contributed by atoms with van der Waals surface area (Å²) < 4.78 is 0. The minimum Gasteiger partial charge on any atom is -0.481 e. The van der Waals surface area contributed by atoms with Crippen LogP contribution in [0.3, 0.4) is 0 Å². The number of hydrogen-bond acceptors (Lipinski definition) is 4. The summed E-state index contributed by atoms with van der Waals surface area (Å²) in [5.74, 6) is -0.777. The van der Waals surface area contributed by atoms with Crippen LogP contribution in [0.1, 0.15) is 57.5 Å². The van der Waals surface area contributed by atoms with Gasteiger partial charge in [0.2, 0.25) is 5.82 Å². The van der Waals surface area contributed by atoms with E-state index in [0.717, 1.165) is 0 Å². The van der Waals surface area contributed by atoms with Gasteiger partial charge in [0.15, 0.2) is 0 Å². The first-order valence-corrected chi connectivity index (χ1v) is 6.54. The van der Waals surface area contributed by atoms with Crippen molar-refractivity contribution < 1.29 is 14.7 Å². The third-order valence-electron chi connectivity index (χ3n) is 3.33. The molecule has 0 saturated carbocycles. The zero-order valence-electron chi connectivity index (χ0n) is 12.6. The maximum atomic E-state index is 11.9. The van der Waals surface area contributed by atoms with Crippen molar-refractivity contribution in [1.29, 1.82) is 0 Å². The van der Waals surface area contributed by atoms with Crippen molar-refractivity contribution in [2.45, 2.75) is 46.5 Å². The topological polar surface area (TPSA) is 108 Å². The highest BCUT2D eigenvalue weighted by Crippen LogP contribution is 2.20. The van der Waals surface area contributed by atoms with Crippen LogP contribution < -0.4 is 5.32 Å². The van der Waals surface area contributed by atoms with Crippen molar-refractivity contribution in [3.63, 3.8) is 0 Å². The van der Waals surface area contributed by atoms with E-state index in [1.54, 1.807) is 13.8 Å². The van der Waals surface area contributed by atoms with E-state index in [1.807, 2.05) is 20.8 Å². The SMILES string of the molecule is CCC(C)(CNC(=O)c1n[nH]c(C(C)(C)C)n1)C(=O)O. The van der Waals surface area contributed by atoms with E-state index < -0.39 is 17.3 Å². The average Bonchev–Trinajstić information content (AvgIpc) is 2.84. The van der Waals surface area contributed by atoms with Crippen LogP contribution in [0.15, 0.2) is 0 Å². The Labute approximate surface area is 118 Å². The Kier molecular flexibility index (Phi) is 4.52. The van der Waals surface area contributed by atoms with Gasteiger partial charge in [0, 0.05) is 12.0 Å². The summed E-state index contributed by atoms with van der Waals surface area (Å²) in [5, 5.41) is 18.3. The van der Waals surface area contributed by atoms with Crippen molar-refractivity contribution in [2.24, 2.45) is 5.41 Å². The number of nitrogens with one attached hydrogen (secondary N) is 2. The summed E-state index contributed by atoms with van der Waals surface area (Å²) in [7, 11) is 0. The molecular formula is C13H22N4O3. The second kappa shape index (κ2) is 5.60. The molecule has 0 saturated heterocycles. The molecule has 1 rings (SSSR count). The Morgan fingerprint density at radius 2 is 1.90 bits per heavy atom. The number of aromatic nitrogens is 3. The van der Waals surface area contributed by atoms with E-state index in [-0.39, 0.29) is 17.8 Å². The Morgan fingerprint density at radius 3 is 2.30 bits per heavy atom. The number of aromatic amines is 1. The Morgan fingerprint density at radius 1 is 1.30 bits per heavy atom. The molecule has 0 bridgehead atoms. The smallest absolute Gasteiger partial charge is 0.311 e. The van der Waals surface area contributed by atoms with Gasteiger partial charge in [0.05, 0.1) is 5.41 Å². The van der Waals surface area contributed by atoms with Crippen LogP contribution in [-0.2, 0) is 10.2 Å². The van der Waals surface area contributed by atoms with Gasteiger partial charge < -0.3 is 10.4 Å². The molecule has 20 heavy (non-hydrogen) atoms. The van der Waals surface area contributed by atoms with Crippen LogP contribution in [0.2, 0.25) is 0 Å². The second-order valence-corrected chi connectivity index (χ2v) is 6.16. The fourth-order valence-corrected chi connectivity index (χ4v) is 1.41. The normalized spacial score (nSPS) is 14.7. The zero-order valence-corrected chi connectivity index (χ0v) is 12.6. The van der Waals surface area contributed by atoms with Gasteiger partial charge in [0.25, 0.3) is 5.91 Å². The van der Waals surface area contributed by atoms with Gasteiger partial charge in [-0.1, -0.05) is 27.7 Å². The van der Waals surface area contributed by atoms with Crippen LogP contribution in [0.25, 0.3) is 0 Å². The molecule has 7 heteroatoms.